The van der Waals surface area contributed by atoms with Crippen LogP contribution in [0.25, 0.3) is 0 Å². The molecular weight excluding hydrogens is 264 g/mol. The molecule has 1 aromatic heterocycles. The molecule has 0 bridgehead atoms. The number of hydrogen-bond donors (Lipinski definition) is 1. The van der Waals surface area contributed by atoms with Crippen molar-refractivity contribution in [2.75, 3.05) is 36.0 Å². The van der Waals surface area contributed by atoms with Crippen molar-refractivity contribution in [3.63, 3.8) is 0 Å². The molecule has 110 valence electrons. The fraction of sp³-hybridized carbons (Fsp3) is 0.375. The van der Waals surface area contributed by atoms with E-state index in [0.717, 1.165) is 37.7 Å². The van der Waals surface area contributed by atoms with Crippen LogP contribution in [0, 0.1) is 6.92 Å². The van der Waals surface area contributed by atoms with E-state index in [1.165, 1.54) is 11.3 Å². The Morgan fingerprint density at radius 1 is 1.05 bits per heavy atom. The average molecular weight is 284 g/mol. The minimum atomic E-state index is -0.0125. The quantitative estimate of drug-likeness (QED) is 0.928. The fourth-order valence-electron chi connectivity index (χ4n) is 2.58. The van der Waals surface area contributed by atoms with Crippen molar-refractivity contribution in [1.82, 2.24) is 9.97 Å². The maximum atomic E-state index is 9.02. The lowest BCUT2D eigenvalue weighted by Crippen LogP contribution is -2.47. The third kappa shape index (κ3) is 3.13. The lowest BCUT2D eigenvalue weighted by Gasteiger charge is -2.36. The van der Waals surface area contributed by atoms with E-state index in [0.29, 0.717) is 0 Å². The Morgan fingerprint density at radius 3 is 2.33 bits per heavy atom. The van der Waals surface area contributed by atoms with Crippen LogP contribution in [0.3, 0.4) is 0 Å². The SMILES string of the molecule is Cc1cccc(N2CCN(c3ncc(CO)cn3)CC2)c1. The van der Waals surface area contributed by atoms with Crippen LogP contribution in [0.15, 0.2) is 36.7 Å². The van der Waals surface area contributed by atoms with Crippen LogP contribution in [0.4, 0.5) is 11.6 Å². The zero-order valence-electron chi connectivity index (χ0n) is 12.2. The van der Waals surface area contributed by atoms with E-state index in [9.17, 15) is 0 Å². The number of aromatic nitrogens is 2. The average Bonchev–Trinajstić information content (AvgIpc) is 2.55. The molecule has 21 heavy (non-hydrogen) atoms. The molecule has 1 aliphatic rings. The van der Waals surface area contributed by atoms with Crippen LogP contribution in [0.5, 0.6) is 0 Å². The first-order chi connectivity index (χ1) is 10.3. The Balaban J connectivity index is 1.64. The van der Waals surface area contributed by atoms with Gasteiger partial charge in [0, 0.05) is 49.8 Å². The van der Waals surface area contributed by atoms with Crippen molar-refractivity contribution >= 4 is 11.6 Å². The maximum Gasteiger partial charge on any atom is 0.225 e. The summed E-state index contributed by atoms with van der Waals surface area (Å²) < 4.78 is 0. The number of anilines is 2. The third-order valence-electron chi connectivity index (χ3n) is 3.80. The molecule has 0 atom stereocenters. The van der Waals surface area contributed by atoms with Crippen molar-refractivity contribution < 1.29 is 5.11 Å². The van der Waals surface area contributed by atoms with Gasteiger partial charge in [0.05, 0.1) is 6.61 Å². The Hall–Kier alpha value is -2.14. The van der Waals surface area contributed by atoms with Crippen molar-refractivity contribution in [1.29, 1.82) is 0 Å². The molecule has 1 N–H and O–H groups in total. The normalized spacial score (nSPS) is 15.3. The molecule has 3 rings (SSSR count). The molecule has 0 spiro atoms. The largest absolute Gasteiger partial charge is 0.392 e. The summed E-state index contributed by atoms with van der Waals surface area (Å²) in [5.74, 6) is 0.746. The minimum absolute atomic E-state index is 0.0125. The molecule has 0 aliphatic carbocycles. The molecule has 5 heteroatoms. The number of aliphatic hydroxyl groups excluding tert-OH is 1. The van der Waals surface area contributed by atoms with Gasteiger partial charge in [-0.05, 0) is 24.6 Å². The summed E-state index contributed by atoms with van der Waals surface area (Å²) in [6, 6.07) is 8.61. The minimum Gasteiger partial charge on any atom is -0.392 e. The molecule has 0 amide bonds. The maximum absolute atomic E-state index is 9.02. The van der Waals surface area contributed by atoms with Gasteiger partial charge in [-0.3, -0.25) is 0 Å². The van der Waals surface area contributed by atoms with Gasteiger partial charge in [-0.15, -0.1) is 0 Å². The van der Waals surface area contributed by atoms with E-state index in [1.807, 2.05) is 0 Å². The van der Waals surface area contributed by atoms with E-state index in [-0.39, 0.29) is 6.61 Å². The monoisotopic (exact) mass is 284 g/mol. The Kier molecular flexibility index (Phi) is 4.01. The van der Waals surface area contributed by atoms with Crippen LogP contribution in [-0.2, 0) is 6.61 Å². The van der Waals surface area contributed by atoms with E-state index >= 15 is 0 Å². The summed E-state index contributed by atoms with van der Waals surface area (Å²) in [4.78, 5) is 13.2. The van der Waals surface area contributed by atoms with E-state index in [4.69, 9.17) is 5.11 Å². The number of hydrogen-bond acceptors (Lipinski definition) is 5. The third-order valence-corrected chi connectivity index (χ3v) is 3.80. The summed E-state index contributed by atoms with van der Waals surface area (Å²) >= 11 is 0. The summed E-state index contributed by atoms with van der Waals surface area (Å²) in [5, 5.41) is 9.02. The smallest absolute Gasteiger partial charge is 0.225 e. The van der Waals surface area contributed by atoms with Gasteiger partial charge in [0.1, 0.15) is 0 Å². The van der Waals surface area contributed by atoms with Crippen molar-refractivity contribution in [2.45, 2.75) is 13.5 Å². The van der Waals surface area contributed by atoms with Crippen LogP contribution < -0.4 is 9.80 Å². The highest BCUT2D eigenvalue weighted by atomic mass is 16.3. The number of benzene rings is 1. The number of rotatable bonds is 3. The molecule has 2 heterocycles. The predicted molar refractivity (Wildman–Crippen MR) is 83.6 cm³/mol. The van der Waals surface area contributed by atoms with Gasteiger partial charge < -0.3 is 14.9 Å². The highest BCUT2D eigenvalue weighted by molar-refractivity contribution is 5.50. The van der Waals surface area contributed by atoms with Gasteiger partial charge >= 0.3 is 0 Å². The van der Waals surface area contributed by atoms with Gasteiger partial charge in [0.25, 0.3) is 0 Å². The summed E-state index contributed by atoms with van der Waals surface area (Å²) in [6.45, 7) is 5.86. The standard InChI is InChI=1S/C16H20N4O/c1-13-3-2-4-15(9-13)19-5-7-20(8-6-19)16-17-10-14(12-21)11-18-16/h2-4,9-11,21H,5-8,12H2,1H3. The summed E-state index contributed by atoms with van der Waals surface area (Å²) in [6.07, 6.45) is 3.38. The Labute approximate surface area is 124 Å². The number of aryl methyl sites for hydroxylation is 1. The van der Waals surface area contributed by atoms with Crippen LogP contribution in [0.1, 0.15) is 11.1 Å². The first kappa shape index (κ1) is 13.8. The van der Waals surface area contributed by atoms with E-state index < -0.39 is 0 Å². The molecule has 1 aliphatic heterocycles. The second-order valence-electron chi connectivity index (χ2n) is 5.36. The molecule has 1 fully saturated rings. The molecule has 1 aromatic carbocycles. The van der Waals surface area contributed by atoms with Gasteiger partial charge in [-0.1, -0.05) is 12.1 Å². The summed E-state index contributed by atoms with van der Waals surface area (Å²) in [5.41, 5.74) is 3.32. The van der Waals surface area contributed by atoms with E-state index in [1.54, 1.807) is 12.4 Å². The molecule has 1 saturated heterocycles. The first-order valence-corrected chi connectivity index (χ1v) is 7.24. The van der Waals surface area contributed by atoms with Crippen molar-refractivity contribution in [3.05, 3.63) is 47.8 Å². The molecule has 0 saturated carbocycles. The van der Waals surface area contributed by atoms with Gasteiger partial charge in [-0.2, -0.15) is 0 Å². The molecule has 5 nitrogen and oxygen atoms in total. The molecular formula is C16H20N4O. The zero-order chi connectivity index (χ0) is 14.7. The van der Waals surface area contributed by atoms with E-state index in [2.05, 4.69) is 51.0 Å². The number of aliphatic hydroxyl groups is 1. The van der Waals surface area contributed by atoms with Crippen molar-refractivity contribution in [3.8, 4) is 0 Å². The first-order valence-electron chi connectivity index (χ1n) is 7.24. The topological polar surface area (TPSA) is 52.5 Å². The predicted octanol–water partition coefficient (Wildman–Crippen LogP) is 1.60. The molecule has 2 aromatic rings. The van der Waals surface area contributed by atoms with Crippen molar-refractivity contribution in [2.24, 2.45) is 0 Å². The van der Waals surface area contributed by atoms with Gasteiger partial charge in [0.15, 0.2) is 0 Å². The molecule has 0 radical (unpaired) electrons. The fourth-order valence-corrected chi connectivity index (χ4v) is 2.58. The summed E-state index contributed by atoms with van der Waals surface area (Å²) in [7, 11) is 0. The Morgan fingerprint density at radius 2 is 1.71 bits per heavy atom. The van der Waals surface area contributed by atoms with Gasteiger partial charge in [-0.25, -0.2) is 9.97 Å². The second kappa shape index (κ2) is 6.10. The van der Waals surface area contributed by atoms with Crippen LogP contribution >= 0.6 is 0 Å². The highest BCUT2D eigenvalue weighted by Gasteiger charge is 2.19. The lowest BCUT2D eigenvalue weighted by molar-refractivity contribution is 0.281. The highest BCUT2D eigenvalue weighted by Crippen LogP contribution is 2.19. The van der Waals surface area contributed by atoms with Gasteiger partial charge in [0.2, 0.25) is 5.95 Å². The number of piperazine rings is 1. The Bertz CT molecular complexity index is 591. The lowest BCUT2D eigenvalue weighted by atomic mass is 10.2. The second-order valence-corrected chi connectivity index (χ2v) is 5.36. The van der Waals surface area contributed by atoms with Crippen LogP contribution in [-0.4, -0.2) is 41.3 Å². The van der Waals surface area contributed by atoms with Crippen LogP contribution in [0.2, 0.25) is 0 Å². The number of nitrogens with zero attached hydrogens (tertiary/aromatic N) is 4. The zero-order valence-corrected chi connectivity index (χ0v) is 12.2. The molecule has 0 unspecified atom stereocenters.